The van der Waals surface area contributed by atoms with E-state index in [4.69, 9.17) is 11.6 Å². The highest BCUT2D eigenvalue weighted by atomic mass is 35.5. The van der Waals surface area contributed by atoms with Crippen LogP contribution in [0.1, 0.15) is 5.56 Å². The lowest BCUT2D eigenvalue weighted by atomic mass is 10.2. The summed E-state index contributed by atoms with van der Waals surface area (Å²) in [6.07, 6.45) is 5.12. The Bertz CT molecular complexity index is 912. The minimum Gasteiger partial charge on any atom is -0.309 e. The van der Waals surface area contributed by atoms with Crippen molar-refractivity contribution < 1.29 is 0 Å². The van der Waals surface area contributed by atoms with Gasteiger partial charge in [0.1, 0.15) is 0 Å². The Morgan fingerprint density at radius 1 is 1.15 bits per heavy atom. The van der Waals surface area contributed by atoms with Crippen LogP contribution in [0.4, 0.5) is 0 Å². The molecule has 0 unspecified atom stereocenters. The lowest BCUT2D eigenvalue weighted by Crippen LogP contribution is -1.98. The second-order valence-corrected chi connectivity index (χ2v) is 5.83. The van der Waals surface area contributed by atoms with Gasteiger partial charge in [-0.25, -0.2) is 15.0 Å². The van der Waals surface area contributed by atoms with Crippen LogP contribution in [-0.4, -0.2) is 19.5 Å². The van der Waals surface area contributed by atoms with Crippen molar-refractivity contribution in [1.82, 2.24) is 19.5 Å². The van der Waals surface area contributed by atoms with E-state index >= 15 is 0 Å². The van der Waals surface area contributed by atoms with Gasteiger partial charge in [-0.15, -0.1) is 11.3 Å². The van der Waals surface area contributed by atoms with Gasteiger partial charge >= 0.3 is 0 Å². The SMILES string of the molecule is Clc1ccc2c(Cn3cnc4nccnc43)csc2c1. The predicted octanol–water partition coefficient (Wildman–Crippen LogP) is 3.74. The number of nitrogens with zero attached hydrogens (tertiary/aromatic N) is 4. The molecular weight excluding hydrogens is 292 g/mol. The van der Waals surface area contributed by atoms with Crippen molar-refractivity contribution in [2.24, 2.45) is 0 Å². The van der Waals surface area contributed by atoms with Gasteiger partial charge in [-0.05, 0) is 28.5 Å². The van der Waals surface area contributed by atoms with Crippen LogP contribution in [0.25, 0.3) is 21.4 Å². The van der Waals surface area contributed by atoms with Crippen LogP contribution in [0.5, 0.6) is 0 Å². The summed E-state index contributed by atoms with van der Waals surface area (Å²) in [5, 5.41) is 4.15. The molecule has 4 aromatic rings. The number of halogens is 1. The molecule has 0 aliphatic carbocycles. The average molecular weight is 301 g/mol. The molecule has 98 valence electrons. The van der Waals surface area contributed by atoms with Crippen LogP contribution in [-0.2, 0) is 6.54 Å². The highest BCUT2D eigenvalue weighted by Gasteiger charge is 2.09. The van der Waals surface area contributed by atoms with Crippen molar-refractivity contribution in [3.63, 3.8) is 0 Å². The van der Waals surface area contributed by atoms with Crippen LogP contribution < -0.4 is 0 Å². The summed E-state index contributed by atoms with van der Waals surface area (Å²) in [5.74, 6) is 0. The zero-order valence-electron chi connectivity index (χ0n) is 10.3. The van der Waals surface area contributed by atoms with Gasteiger partial charge in [-0.2, -0.15) is 0 Å². The minimum absolute atomic E-state index is 0.676. The molecule has 0 fully saturated rings. The van der Waals surface area contributed by atoms with Crippen molar-refractivity contribution in [3.05, 3.63) is 52.9 Å². The quantitative estimate of drug-likeness (QED) is 0.566. The first-order valence-electron chi connectivity index (χ1n) is 6.09. The van der Waals surface area contributed by atoms with Crippen molar-refractivity contribution >= 4 is 44.3 Å². The standard InChI is InChI=1S/C14H9ClN4S/c15-10-1-2-11-9(7-20-12(11)5-10)6-19-8-18-13-14(19)17-4-3-16-13/h1-5,7-8H,6H2. The molecule has 4 nitrogen and oxygen atoms in total. The van der Waals surface area contributed by atoms with E-state index in [0.29, 0.717) is 5.65 Å². The van der Waals surface area contributed by atoms with Crippen LogP contribution in [0, 0.1) is 0 Å². The second-order valence-electron chi connectivity index (χ2n) is 4.48. The monoisotopic (exact) mass is 300 g/mol. The summed E-state index contributed by atoms with van der Waals surface area (Å²) in [6, 6.07) is 5.98. The third-order valence-electron chi connectivity index (χ3n) is 3.21. The van der Waals surface area contributed by atoms with E-state index in [0.717, 1.165) is 17.2 Å². The van der Waals surface area contributed by atoms with Crippen molar-refractivity contribution in [2.75, 3.05) is 0 Å². The number of benzene rings is 1. The Morgan fingerprint density at radius 2 is 2.05 bits per heavy atom. The van der Waals surface area contributed by atoms with Crippen LogP contribution in [0.2, 0.25) is 5.02 Å². The van der Waals surface area contributed by atoms with E-state index in [1.165, 1.54) is 15.6 Å². The highest BCUT2D eigenvalue weighted by molar-refractivity contribution is 7.17. The van der Waals surface area contributed by atoms with Crippen LogP contribution in [0.3, 0.4) is 0 Å². The maximum atomic E-state index is 6.02. The molecule has 20 heavy (non-hydrogen) atoms. The third-order valence-corrected chi connectivity index (χ3v) is 4.44. The first kappa shape index (κ1) is 11.8. The zero-order valence-corrected chi connectivity index (χ0v) is 11.9. The first-order valence-corrected chi connectivity index (χ1v) is 7.34. The fourth-order valence-electron chi connectivity index (χ4n) is 2.27. The lowest BCUT2D eigenvalue weighted by molar-refractivity contribution is 0.821. The maximum Gasteiger partial charge on any atom is 0.197 e. The van der Waals surface area contributed by atoms with Crippen LogP contribution >= 0.6 is 22.9 Å². The molecule has 0 aliphatic heterocycles. The molecule has 0 saturated carbocycles. The smallest absolute Gasteiger partial charge is 0.197 e. The molecule has 0 atom stereocenters. The summed E-state index contributed by atoms with van der Waals surface area (Å²) in [6.45, 7) is 0.733. The van der Waals surface area contributed by atoms with Crippen LogP contribution in [0.15, 0.2) is 42.3 Å². The van der Waals surface area contributed by atoms with Crippen molar-refractivity contribution in [1.29, 1.82) is 0 Å². The average Bonchev–Trinajstić information content (AvgIpc) is 3.04. The Morgan fingerprint density at radius 3 is 3.00 bits per heavy atom. The molecule has 6 heteroatoms. The van der Waals surface area contributed by atoms with E-state index in [2.05, 4.69) is 26.4 Å². The third kappa shape index (κ3) is 1.87. The zero-order chi connectivity index (χ0) is 13.5. The summed E-state index contributed by atoms with van der Waals surface area (Å²) >= 11 is 7.72. The molecular formula is C14H9ClN4S. The van der Waals surface area contributed by atoms with Crippen molar-refractivity contribution in [3.8, 4) is 0 Å². The Balaban J connectivity index is 1.81. The fraction of sp³-hybridized carbons (Fsp3) is 0.0714. The largest absolute Gasteiger partial charge is 0.309 e. The molecule has 0 saturated heterocycles. The number of aromatic nitrogens is 4. The number of hydrogen-bond acceptors (Lipinski definition) is 4. The normalized spacial score (nSPS) is 11.4. The number of imidazole rings is 1. The van der Waals surface area contributed by atoms with E-state index in [-0.39, 0.29) is 0 Å². The van der Waals surface area contributed by atoms with Gasteiger partial charge in [0.15, 0.2) is 11.3 Å². The molecule has 0 amide bonds. The number of rotatable bonds is 2. The predicted molar refractivity (Wildman–Crippen MR) is 81.3 cm³/mol. The molecule has 4 rings (SSSR count). The summed E-state index contributed by atoms with van der Waals surface area (Å²) in [5.41, 5.74) is 2.72. The molecule has 0 N–H and O–H groups in total. The van der Waals surface area contributed by atoms with E-state index < -0.39 is 0 Å². The maximum absolute atomic E-state index is 6.02. The molecule has 3 heterocycles. The van der Waals surface area contributed by atoms with E-state index in [1.54, 1.807) is 30.1 Å². The number of hydrogen-bond donors (Lipinski definition) is 0. The van der Waals surface area contributed by atoms with Gasteiger partial charge in [0, 0.05) is 22.1 Å². The summed E-state index contributed by atoms with van der Waals surface area (Å²) in [7, 11) is 0. The van der Waals surface area contributed by atoms with Gasteiger partial charge in [-0.1, -0.05) is 17.7 Å². The Hall–Kier alpha value is -1.98. The van der Waals surface area contributed by atoms with Gasteiger partial charge in [-0.3, -0.25) is 0 Å². The summed E-state index contributed by atoms with van der Waals surface area (Å²) < 4.78 is 3.21. The lowest BCUT2D eigenvalue weighted by Gasteiger charge is -2.02. The number of thiophene rings is 1. The van der Waals surface area contributed by atoms with Gasteiger partial charge < -0.3 is 4.57 Å². The van der Waals surface area contributed by atoms with Gasteiger partial charge in [0.05, 0.1) is 12.9 Å². The Kier molecular flexibility index (Phi) is 2.68. The Labute approximate surface area is 123 Å². The second kappa shape index (κ2) is 4.54. The molecule has 3 aromatic heterocycles. The molecule has 0 radical (unpaired) electrons. The van der Waals surface area contributed by atoms with E-state index in [9.17, 15) is 0 Å². The minimum atomic E-state index is 0.676. The summed E-state index contributed by atoms with van der Waals surface area (Å²) in [4.78, 5) is 12.8. The number of fused-ring (bicyclic) bond motifs is 2. The van der Waals surface area contributed by atoms with Gasteiger partial charge in [0.2, 0.25) is 0 Å². The highest BCUT2D eigenvalue weighted by Crippen LogP contribution is 2.29. The molecule has 0 spiro atoms. The molecule has 1 aromatic carbocycles. The van der Waals surface area contributed by atoms with Gasteiger partial charge in [0.25, 0.3) is 0 Å². The molecule has 0 aliphatic rings. The van der Waals surface area contributed by atoms with Crippen molar-refractivity contribution in [2.45, 2.75) is 6.54 Å². The topological polar surface area (TPSA) is 43.6 Å². The first-order chi connectivity index (χ1) is 9.81. The molecule has 0 bridgehead atoms. The fourth-order valence-corrected chi connectivity index (χ4v) is 3.50. The van der Waals surface area contributed by atoms with E-state index in [1.807, 2.05) is 16.7 Å².